The van der Waals surface area contributed by atoms with Crippen molar-refractivity contribution in [3.63, 3.8) is 0 Å². The van der Waals surface area contributed by atoms with Crippen LogP contribution < -0.4 is 20.7 Å². The van der Waals surface area contributed by atoms with Gasteiger partial charge in [-0.1, -0.05) is 11.3 Å². The quantitative estimate of drug-likeness (QED) is 0.364. The van der Waals surface area contributed by atoms with Crippen LogP contribution in [0.5, 0.6) is 0 Å². The van der Waals surface area contributed by atoms with Crippen molar-refractivity contribution in [2.75, 3.05) is 41.7 Å². The van der Waals surface area contributed by atoms with E-state index in [0.717, 1.165) is 31.6 Å². The zero-order valence-electron chi connectivity index (χ0n) is 22.2. The number of piperidine rings is 2. The van der Waals surface area contributed by atoms with Gasteiger partial charge in [0.25, 0.3) is 5.92 Å². The maximum atomic E-state index is 13.7. The molecule has 0 atom stereocenters. The lowest BCUT2D eigenvalue weighted by atomic mass is 9.93. The van der Waals surface area contributed by atoms with E-state index >= 15 is 0 Å². The van der Waals surface area contributed by atoms with E-state index in [1.165, 1.54) is 19.0 Å². The fourth-order valence-electron chi connectivity index (χ4n) is 5.62. The predicted molar refractivity (Wildman–Crippen MR) is 150 cm³/mol. The van der Waals surface area contributed by atoms with Gasteiger partial charge in [0, 0.05) is 39.0 Å². The number of aliphatic hydroxyl groups is 1. The molecular formula is C26H31F2N9O3S. The molecule has 6 rings (SSSR count). The van der Waals surface area contributed by atoms with Crippen LogP contribution in [0.3, 0.4) is 0 Å². The molecular weight excluding hydrogens is 556 g/mol. The summed E-state index contributed by atoms with van der Waals surface area (Å²) in [5, 5.41) is 23.6. The SMILES string of the molecule is Nc1ncc(-c2cn(-c3ccc(C(=CO)S(N)(=O)=O)cc3N3CCC4(CC3)CC4)nn2)nc1N1CCC(F)(F)CC1. The van der Waals surface area contributed by atoms with Gasteiger partial charge in [-0.3, -0.25) is 0 Å². The minimum atomic E-state index is -4.17. The van der Waals surface area contributed by atoms with Crippen molar-refractivity contribution in [3.8, 4) is 17.1 Å². The van der Waals surface area contributed by atoms with E-state index in [1.807, 2.05) is 0 Å². The first kappa shape index (κ1) is 27.3. The maximum absolute atomic E-state index is 13.7. The van der Waals surface area contributed by atoms with E-state index < -0.39 is 15.9 Å². The fourth-order valence-corrected chi connectivity index (χ4v) is 6.23. The molecule has 2 aliphatic heterocycles. The number of alkyl halides is 2. The summed E-state index contributed by atoms with van der Waals surface area (Å²) in [7, 11) is -4.17. The molecule has 3 fully saturated rings. The highest BCUT2D eigenvalue weighted by atomic mass is 32.2. The van der Waals surface area contributed by atoms with Crippen molar-refractivity contribution in [3.05, 3.63) is 42.4 Å². The number of hydrogen-bond donors (Lipinski definition) is 3. The molecule has 4 heterocycles. The Hall–Kier alpha value is -3.85. The summed E-state index contributed by atoms with van der Waals surface area (Å²) >= 11 is 0. The van der Waals surface area contributed by atoms with Crippen LogP contribution in [0.2, 0.25) is 0 Å². The van der Waals surface area contributed by atoms with Crippen LogP contribution in [-0.4, -0.2) is 70.6 Å². The highest BCUT2D eigenvalue weighted by molar-refractivity contribution is 7.98. The van der Waals surface area contributed by atoms with Crippen LogP contribution in [-0.2, 0) is 10.0 Å². The number of benzene rings is 1. The fraction of sp³-hybridized carbons (Fsp3) is 0.462. The maximum Gasteiger partial charge on any atom is 0.251 e. The van der Waals surface area contributed by atoms with Crippen molar-refractivity contribution in [1.29, 1.82) is 0 Å². The van der Waals surface area contributed by atoms with Gasteiger partial charge < -0.3 is 20.6 Å². The molecule has 0 bridgehead atoms. The van der Waals surface area contributed by atoms with E-state index in [-0.39, 0.29) is 42.2 Å². The lowest BCUT2D eigenvalue weighted by Crippen LogP contribution is -2.40. The van der Waals surface area contributed by atoms with Crippen molar-refractivity contribution in [2.45, 2.75) is 44.4 Å². The van der Waals surface area contributed by atoms with E-state index in [2.05, 4.69) is 25.2 Å². The molecule has 0 amide bonds. The summed E-state index contributed by atoms with van der Waals surface area (Å²) in [6.45, 7) is 1.79. The lowest BCUT2D eigenvalue weighted by Gasteiger charge is -2.35. The normalized spacial score (nSPS) is 20.4. The van der Waals surface area contributed by atoms with E-state index in [4.69, 9.17) is 10.9 Å². The van der Waals surface area contributed by atoms with Crippen LogP contribution in [0.4, 0.5) is 26.1 Å². The van der Waals surface area contributed by atoms with Crippen LogP contribution in [0.25, 0.3) is 22.0 Å². The van der Waals surface area contributed by atoms with Crippen molar-refractivity contribution in [1.82, 2.24) is 25.0 Å². The molecule has 3 aliphatic rings. The Bertz CT molecular complexity index is 1600. The number of rotatable bonds is 6. The second kappa shape index (κ2) is 9.91. The molecule has 5 N–H and O–H groups in total. The van der Waals surface area contributed by atoms with E-state index in [0.29, 0.717) is 34.6 Å². The predicted octanol–water partition coefficient (Wildman–Crippen LogP) is 3.07. The summed E-state index contributed by atoms with van der Waals surface area (Å²) < 4.78 is 53.1. The Kier molecular flexibility index (Phi) is 6.60. The number of sulfonamides is 1. The molecule has 2 saturated heterocycles. The average Bonchev–Trinajstić information content (AvgIpc) is 3.49. The van der Waals surface area contributed by atoms with E-state index in [1.54, 1.807) is 34.0 Å². The van der Waals surface area contributed by atoms with Crippen LogP contribution in [0.15, 0.2) is 36.9 Å². The highest BCUT2D eigenvalue weighted by Crippen LogP contribution is 2.54. The Labute approximate surface area is 235 Å². The van der Waals surface area contributed by atoms with Crippen LogP contribution in [0, 0.1) is 5.41 Å². The third-order valence-corrected chi connectivity index (χ3v) is 9.34. The Balaban J connectivity index is 1.34. The number of nitrogen functional groups attached to an aromatic ring is 1. The van der Waals surface area contributed by atoms with Gasteiger partial charge in [-0.05, 0) is 48.8 Å². The van der Waals surface area contributed by atoms with Gasteiger partial charge in [-0.2, -0.15) is 0 Å². The molecule has 0 unspecified atom stereocenters. The summed E-state index contributed by atoms with van der Waals surface area (Å²) in [5.41, 5.74) is 8.85. The van der Waals surface area contributed by atoms with Gasteiger partial charge in [-0.25, -0.2) is 37.0 Å². The number of aliphatic hydroxyl groups excluding tert-OH is 1. The molecule has 0 radical (unpaired) electrons. The topological polar surface area (TPSA) is 169 Å². The van der Waals surface area contributed by atoms with Crippen LogP contribution >= 0.6 is 0 Å². The number of hydrogen-bond acceptors (Lipinski definition) is 10. The number of nitrogens with zero attached hydrogens (tertiary/aromatic N) is 7. The summed E-state index contributed by atoms with van der Waals surface area (Å²) in [6, 6.07) is 4.93. The number of primary sulfonamides is 1. The van der Waals surface area contributed by atoms with Crippen LogP contribution in [0.1, 0.15) is 44.1 Å². The van der Waals surface area contributed by atoms with Gasteiger partial charge >= 0.3 is 0 Å². The first-order valence-corrected chi connectivity index (χ1v) is 15.0. The second-order valence-corrected chi connectivity index (χ2v) is 12.6. The second-order valence-electron chi connectivity index (χ2n) is 11.1. The minimum absolute atomic E-state index is 0.109. The molecule has 15 heteroatoms. The Morgan fingerprint density at radius 1 is 0.976 bits per heavy atom. The van der Waals surface area contributed by atoms with Crippen molar-refractivity contribution in [2.24, 2.45) is 10.6 Å². The largest absolute Gasteiger partial charge is 0.514 e. The van der Waals surface area contributed by atoms with Gasteiger partial charge in [0.15, 0.2) is 11.6 Å². The number of anilines is 3. The van der Waals surface area contributed by atoms with Crippen molar-refractivity contribution >= 4 is 32.3 Å². The zero-order chi connectivity index (χ0) is 29.0. The standard InChI is InChI=1S/C26H31F2N9O3S/c27-26(28)7-11-36(12-8-26)24-23(29)31-14-18(32-24)19-15-37(34-33-19)20-2-1-17(22(16-38)41(30,39)40)13-21(20)35-9-5-25(3-4-25)6-10-35/h1-2,13-16,38H,3-12H2,(H2,29,31)(H2,30,39,40). The van der Waals surface area contributed by atoms with Crippen molar-refractivity contribution < 1.29 is 22.3 Å². The van der Waals surface area contributed by atoms with Gasteiger partial charge in [0.05, 0.1) is 30.0 Å². The first-order valence-electron chi connectivity index (χ1n) is 13.4. The molecule has 1 aliphatic carbocycles. The van der Waals surface area contributed by atoms with Gasteiger partial charge in [0.2, 0.25) is 10.0 Å². The molecule has 41 heavy (non-hydrogen) atoms. The molecule has 3 aromatic rings. The third-order valence-electron chi connectivity index (χ3n) is 8.38. The monoisotopic (exact) mass is 587 g/mol. The molecule has 2 aromatic heterocycles. The number of halogens is 2. The molecule has 218 valence electrons. The summed E-state index contributed by atoms with van der Waals surface area (Å²) in [5.74, 6) is -2.24. The molecule has 1 spiro atoms. The average molecular weight is 588 g/mol. The molecule has 1 aromatic carbocycles. The smallest absolute Gasteiger partial charge is 0.251 e. The van der Waals surface area contributed by atoms with Gasteiger partial charge in [0.1, 0.15) is 16.3 Å². The van der Waals surface area contributed by atoms with Gasteiger partial charge in [-0.15, -0.1) is 5.10 Å². The zero-order valence-corrected chi connectivity index (χ0v) is 23.1. The Morgan fingerprint density at radius 2 is 1.66 bits per heavy atom. The summed E-state index contributed by atoms with van der Waals surface area (Å²) in [6.07, 6.45) is 7.57. The number of nitrogens with two attached hydrogens (primary N) is 2. The summed E-state index contributed by atoms with van der Waals surface area (Å²) in [4.78, 5) is 12.3. The third kappa shape index (κ3) is 5.43. The number of aromatic nitrogens is 5. The van der Waals surface area contributed by atoms with E-state index in [9.17, 15) is 22.3 Å². The molecule has 12 nitrogen and oxygen atoms in total. The lowest BCUT2D eigenvalue weighted by molar-refractivity contribution is -0.0221. The highest BCUT2D eigenvalue weighted by Gasteiger charge is 2.44. The minimum Gasteiger partial charge on any atom is -0.514 e. The molecule has 1 saturated carbocycles. The Morgan fingerprint density at radius 3 is 2.29 bits per heavy atom. The first-order chi connectivity index (χ1) is 19.5.